The lowest BCUT2D eigenvalue weighted by molar-refractivity contribution is -0.122. The topological polar surface area (TPSA) is 108 Å². The molecule has 11 heteroatoms. The number of nitrogens with one attached hydrogen (secondary N) is 1. The number of thioether (sulfide) groups is 1. The van der Waals surface area contributed by atoms with E-state index in [2.05, 4.69) is 22.2 Å². The maximum Gasteiger partial charge on any atom is 0.270 e. The quantitative estimate of drug-likeness (QED) is 0.437. The first kappa shape index (κ1) is 25.2. The van der Waals surface area contributed by atoms with Crippen LogP contribution in [0.3, 0.4) is 0 Å². The number of hydrogen-bond donors (Lipinski definition) is 1. The third-order valence-electron chi connectivity index (χ3n) is 6.13. The molecule has 0 spiro atoms. The van der Waals surface area contributed by atoms with Crippen LogP contribution in [0.4, 0.5) is 5.69 Å². The highest BCUT2D eigenvalue weighted by Gasteiger charge is 2.41. The first-order valence-corrected chi connectivity index (χ1v) is 13.5. The van der Waals surface area contributed by atoms with E-state index in [1.807, 2.05) is 29.2 Å². The van der Waals surface area contributed by atoms with Gasteiger partial charge < -0.3 is 5.32 Å². The number of rotatable bonds is 8. The summed E-state index contributed by atoms with van der Waals surface area (Å²) in [4.78, 5) is 53.5. The van der Waals surface area contributed by atoms with E-state index in [1.54, 1.807) is 12.1 Å². The van der Waals surface area contributed by atoms with Gasteiger partial charge in [-0.1, -0.05) is 48.8 Å². The van der Waals surface area contributed by atoms with Crippen LogP contribution >= 0.6 is 23.4 Å². The molecule has 9 nitrogen and oxygen atoms in total. The largest absolute Gasteiger partial charge is 0.356 e. The number of benzene rings is 1. The van der Waals surface area contributed by atoms with Crippen LogP contribution in [-0.2, 0) is 15.3 Å². The second kappa shape index (κ2) is 10.9. The summed E-state index contributed by atoms with van der Waals surface area (Å²) in [6.07, 6.45) is 3.98. The smallest absolute Gasteiger partial charge is 0.270 e. The molecule has 0 aliphatic carbocycles. The van der Waals surface area contributed by atoms with Crippen molar-refractivity contribution in [2.75, 3.05) is 6.54 Å². The third-order valence-corrected chi connectivity index (χ3v) is 7.34. The Morgan fingerprint density at radius 3 is 2.84 bits per heavy atom. The van der Waals surface area contributed by atoms with Gasteiger partial charge in [-0.15, -0.1) is 0 Å². The summed E-state index contributed by atoms with van der Waals surface area (Å²) in [7, 11) is 0. The molecule has 190 valence electrons. The highest BCUT2D eigenvalue weighted by atomic mass is 35.5. The number of fused-ring (bicyclic) bond motifs is 4. The van der Waals surface area contributed by atoms with Crippen LogP contribution in [0.25, 0.3) is 5.65 Å². The Morgan fingerprint density at radius 2 is 2.00 bits per heavy atom. The van der Waals surface area contributed by atoms with Crippen LogP contribution in [0, 0.1) is 0 Å². The minimum atomic E-state index is -0.621. The fraction of sp³-hybridized carbons (Fsp3) is 0.308. The van der Waals surface area contributed by atoms with Crippen molar-refractivity contribution < 1.29 is 9.59 Å². The number of amides is 2. The van der Waals surface area contributed by atoms with E-state index in [4.69, 9.17) is 16.6 Å². The Hall–Kier alpha value is -3.50. The predicted molar refractivity (Wildman–Crippen MR) is 146 cm³/mol. The molecule has 2 aliphatic rings. The number of carbonyl (C=O) groups excluding carboxylic acids is 2. The molecule has 4 heterocycles. The van der Waals surface area contributed by atoms with Crippen LogP contribution in [0.2, 0.25) is 5.02 Å². The van der Waals surface area contributed by atoms with Crippen molar-refractivity contribution in [2.45, 2.75) is 44.4 Å². The van der Waals surface area contributed by atoms with Gasteiger partial charge in [0, 0.05) is 36.5 Å². The summed E-state index contributed by atoms with van der Waals surface area (Å²) in [6, 6.07) is 11.7. The van der Waals surface area contributed by atoms with Gasteiger partial charge in [0.25, 0.3) is 11.5 Å². The lowest BCUT2D eigenvalue weighted by Crippen LogP contribution is -2.44. The summed E-state index contributed by atoms with van der Waals surface area (Å²) in [6.45, 7) is 2.69. The number of aliphatic imine (C=N–C) groups is 2. The van der Waals surface area contributed by atoms with E-state index in [9.17, 15) is 14.4 Å². The molecule has 5 rings (SSSR count). The maximum atomic E-state index is 13.0. The van der Waals surface area contributed by atoms with Crippen LogP contribution in [-0.4, -0.2) is 49.7 Å². The Labute approximate surface area is 222 Å². The van der Waals surface area contributed by atoms with Crippen molar-refractivity contribution in [3.8, 4) is 0 Å². The SMILES string of the molecule is CCCCNC(=O)CCC1C(=O)N=C2c3ccccc3N=C(SCc3cc(=O)n4cc(Cl)ccc4n3)N21. The van der Waals surface area contributed by atoms with Gasteiger partial charge in [0.1, 0.15) is 17.5 Å². The van der Waals surface area contributed by atoms with Crippen molar-refractivity contribution >= 4 is 57.5 Å². The molecular formula is C26H25ClN6O3S. The number of pyridine rings is 1. The summed E-state index contributed by atoms with van der Waals surface area (Å²) < 4.78 is 1.40. The van der Waals surface area contributed by atoms with Crippen molar-refractivity contribution in [2.24, 2.45) is 9.98 Å². The molecule has 0 saturated carbocycles. The van der Waals surface area contributed by atoms with Gasteiger partial charge in [0.05, 0.1) is 16.4 Å². The van der Waals surface area contributed by atoms with Crippen LogP contribution in [0.15, 0.2) is 63.4 Å². The fourth-order valence-electron chi connectivity index (χ4n) is 4.28. The maximum absolute atomic E-state index is 13.0. The number of nitrogens with zero attached hydrogens (tertiary/aromatic N) is 5. The van der Waals surface area contributed by atoms with Crippen molar-refractivity contribution in [1.29, 1.82) is 0 Å². The minimum absolute atomic E-state index is 0.0841. The lowest BCUT2D eigenvalue weighted by Gasteiger charge is -2.31. The second-order valence-electron chi connectivity index (χ2n) is 8.76. The Morgan fingerprint density at radius 1 is 1.16 bits per heavy atom. The zero-order valence-corrected chi connectivity index (χ0v) is 21.8. The summed E-state index contributed by atoms with van der Waals surface area (Å²) in [5.41, 5.74) is 2.33. The molecule has 1 N–H and O–H groups in total. The number of hydrogen-bond acceptors (Lipinski definition) is 7. The summed E-state index contributed by atoms with van der Waals surface area (Å²) in [5.74, 6) is 0.521. The van der Waals surface area contributed by atoms with Crippen molar-refractivity contribution in [3.05, 3.63) is 75.3 Å². The van der Waals surface area contributed by atoms with E-state index >= 15 is 0 Å². The molecule has 3 aromatic rings. The average Bonchev–Trinajstić information content (AvgIpc) is 3.23. The number of halogens is 1. The molecule has 37 heavy (non-hydrogen) atoms. The van der Waals surface area contributed by atoms with Crippen LogP contribution < -0.4 is 10.9 Å². The third kappa shape index (κ3) is 5.30. The average molecular weight is 537 g/mol. The molecule has 1 aromatic carbocycles. The molecular weight excluding hydrogens is 512 g/mol. The minimum Gasteiger partial charge on any atom is -0.356 e. The van der Waals surface area contributed by atoms with E-state index in [0.717, 1.165) is 18.4 Å². The Kier molecular flexibility index (Phi) is 7.38. The zero-order chi connectivity index (χ0) is 25.9. The van der Waals surface area contributed by atoms with Gasteiger partial charge in [-0.2, -0.15) is 4.99 Å². The number of aromatic nitrogens is 2. The standard InChI is InChI=1S/C26H25ClN6O3S/c1-2-3-12-28-22(34)11-9-20-25(36)31-24-18-6-4-5-7-19(18)30-26(33(20)24)37-15-17-13-23(35)32-14-16(27)8-10-21(32)29-17/h4-8,10,13-14,20H,2-3,9,11-12,15H2,1H3,(H,28,34). The molecule has 1 atom stereocenters. The van der Waals surface area contributed by atoms with Gasteiger partial charge >= 0.3 is 0 Å². The zero-order valence-electron chi connectivity index (χ0n) is 20.2. The Bertz CT molecular complexity index is 1500. The lowest BCUT2D eigenvalue weighted by atomic mass is 10.1. The predicted octanol–water partition coefficient (Wildman–Crippen LogP) is 3.94. The van der Waals surface area contributed by atoms with Crippen LogP contribution in [0.5, 0.6) is 0 Å². The van der Waals surface area contributed by atoms with Crippen molar-refractivity contribution in [1.82, 2.24) is 19.6 Å². The van der Waals surface area contributed by atoms with Crippen molar-refractivity contribution in [3.63, 3.8) is 0 Å². The van der Waals surface area contributed by atoms with E-state index in [1.165, 1.54) is 28.4 Å². The summed E-state index contributed by atoms with van der Waals surface area (Å²) in [5, 5.41) is 3.93. The number of carbonyl (C=O) groups is 2. The summed E-state index contributed by atoms with van der Waals surface area (Å²) >= 11 is 7.39. The molecule has 2 amide bonds. The molecule has 0 radical (unpaired) electrons. The number of unbranched alkanes of at least 4 members (excludes halogenated alkanes) is 1. The second-order valence-corrected chi connectivity index (χ2v) is 10.1. The molecule has 1 unspecified atom stereocenters. The normalized spacial score (nSPS) is 16.3. The molecule has 0 fully saturated rings. The van der Waals surface area contributed by atoms with E-state index in [0.29, 0.717) is 51.8 Å². The van der Waals surface area contributed by atoms with Gasteiger partial charge in [0.15, 0.2) is 5.17 Å². The fourth-order valence-corrected chi connectivity index (χ4v) is 5.38. The van der Waals surface area contributed by atoms with Crippen LogP contribution in [0.1, 0.15) is 43.9 Å². The highest BCUT2D eigenvalue weighted by molar-refractivity contribution is 8.13. The molecule has 2 aliphatic heterocycles. The first-order chi connectivity index (χ1) is 17.9. The number of para-hydroxylation sites is 1. The molecule has 2 aromatic heterocycles. The highest BCUT2D eigenvalue weighted by Crippen LogP contribution is 2.35. The van der Waals surface area contributed by atoms with E-state index in [-0.39, 0.29) is 23.8 Å². The monoisotopic (exact) mass is 536 g/mol. The van der Waals surface area contributed by atoms with E-state index < -0.39 is 6.04 Å². The Balaban J connectivity index is 1.39. The van der Waals surface area contributed by atoms with Gasteiger partial charge in [-0.3, -0.25) is 23.7 Å². The molecule has 0 saturated heterocycles. The van der Waals surface area contributed by atoms with Gasteiger partial charge in [-0.25, -0.2) is 9.98 Å². The van der Waals surface area contributed by atoms with Gasteiger partial charge in [0.2, 0.25) is 5.91 Å². The van der Waals surface area contributed by atoms with Gasteiger partial charge in [-0.05, 0) is 37.1 Å². The number of amidine groups is 2. The first-order valence-electron chi connectivity index (χ1n) is 12.1. The molecule has 0 bridgehead atoms.